The van der Waals surface area contributed by atoms with Gasteiger partial charge in [-0.25, -0.2) is 0 Å². The number of methoxy groups -OCH3 is 2. The summed E-state index contributed by atoms with van der Waals surface area (Å²) in [7, 11) is 3.09. The van der Waals surface area contributed by atoms with Gasteiger partial charge in [-0.05, 0) is 30.5 Å². The van der Waals surface area contributed by atoms with Crippen molar-refractivity contribution in [2.45, 2.75) is 32.2 Å². The van der Waals surface area contributed by atoms with Crippen LogP contribution in [0.3, 0.4) is 0 Å². The predicted octanol–water partition coefficient (Wildman–Crippen LogP) is 1.96. The van der Waals surface area contributed by atoms with Gasteiger partial charge in [-0.3, -0.25) is 9.59 Å². The van der Waals surface area contributed by atoms with Gasteiger partial charge in [-0.1, -0.05) is 18.9 Å². The normalized spacial score (nSPS) is 16.1. The number of benzene rings is 1. The molecule has 0 spiro atoms. The maximum atomic E-state index is 12.3. The summed E-state index contributed by atoms with van der Waals surface area (Å²) < 4.78 is 10.4. The molecule has 1 amide bonds. The number of ether oxygens (including phenoxy) is 2. The summed E-state index contributed by atoms with van der Waals surface area (Å²) in [4.78, 5) is 23.8. The molecule has 0 aliphatic heterocycles. The van der Waals surface area contributed by atoms with Crippen LogP contribution >= 0.6 is 0 Å². The molecule has 1 aliphatic carbocycles. The highest BCUT2D eigenvalue weighted by Gasteiger charge is 2.47. The van der Waals surface area contributed by atoms with Gasteiger partial charge in [0, 0.05) is 6.54 Å². The fourth-order valence-electron chi connectivity index (χ4n) is 2.86. The van der Waals surface area contributed by atoms with Crippen LogP contribution in [0.4, 0.5) is 0 Å². The third-order valence-corrected chi connectivity index (χ3v) is 4.20. The molecule has 6 nitrogen and oxygen atoms in total. The molecule has 0 bridgehead atoms. The Balaban J connectivity index is 2.06. The first kappa shape index (κ1) is 16.1. The second-order valence-corrected chi connectivity index (χ2v) is 5.47. The molecular formula is C16H21NO5. The van der Waals surface area contributed by atoms with Crippen molar-refractivity contribution in [2.75, 3.05) is 14.2 Å². The molecule has 22 heavy (non-hydrogen) atoms. The number of carboxylic acid groups (broad SMARTS) is 1. The molecule has 2 rings (SSSR count). The molecule has 0 atom stereocenters. The Hall–Kier alpha value is -2.24. The van der Waals surface area contributed by atoms with Crippen molar-refractivity contribution >= 4 is 11.9 Å². The van der Waals surface area contributed by atoms with E-state index in [0.717, 1.165) is 18.4 Å². The summed E-state index contributed by atoms with van der Waals surface area (Å²) in [6.07, 6.45) is 2.35. The summed E-state index contributed by atoms with van der Waals surface area (Å²) >= 11 is 0. The molecule has 2 N–H and O–H groups in total. The third kappa shape index (κ3) is 3.00. The van der Waals surface area contributed by atoms with Crippen LogP contribution in [0.1, 0.15) is 31.2 Å². The van der Waals surface area contributed by atoms with Crippen LogP contribution in [0.5, 0.6) is 11.5 Å². The minimum Gasteiger partial charge on any atom is -0.493 e. The van der Waals surface area contributed by atoms with Gasteiger partial charge in [-0.2, -0.15) is 0 Å². The van der Waals surface area contributed by atoms with Gasteiger partial charge in [-0.15, -0.1) is 0 Å². The van der Waals surface area contributed by atoms with Crippen LogP contribution < -0.4 is 14.8 Å². The Labute approximate surface area is 129 Å². The monoisotopic (exact) mass is 307 g/mol. The first-order chi connectivity index (χ1) is 10.5. The smallest absolute Gasteiger partial charge is 0.319 e. The van der Waals surface area contributed by atoms with E-state index >= 15 is 0 Å². The van der Waals surface area contributed by atoms with Gasteiger partial charge in [0.15, 0.2) is 11.5 Å². The topological polar surface area (TPSA) is 84.9 Å². The van der Waals surface area contributed by atoms with E-state index in [0.29, 0.717) is 24.3 Å². The highest BCUT2D eigenvalue weighted by atomic mass is 16.5. The van der Waals surface area contributed by atoms with Crippen molar-refractivity contribution in [3.05, 3.63) is 23.8 Å². The Morgan fingerprint density at radius 1 is 1.18 bits per heavy atom. The van der Waals surface area contributed by atoms with E-state index in [1.807, 2.05) is 6.07 Å². The summed E-state index contributed by atoms with van der Waals surface area (Å²) in [5, 5.41) is 12.1. The predicted molar refractivity (Wildman–Crippen MR) is 79.9 cm³/mol. The van der Waals surface area contributed by atoms with E-state index in [1.165, 1.54) is 7.11 Å². The zero-order valence-corrected chi connectivity index (χ0v) is 12.8. The van der Waals surface area contributed by atoms with Crippen molar-refractivity contribution in [3.8, 4) is 11.5 Å². The molecule has 120 valence electrons. The van der Waals surface area contributed by atoms with Crippen LogP contribution in [-0.4, -0.2) is 31.2 Å². The van der Waals surface area contributed by atoms with Gasteiger partial charge < -0.3 is 19.9 Å². The van der Waals surface area contributed by atoms with Crippen molar-refractivity contribution in [3.63, 3.8) is 0 Å². The molecule has 0 heterocycles. The molecule has 1 aliphatic rings. The number of aliphatic carboxylic acids is 1. The molecular weight excluding hydrogens is 286 g/mol. The van der Waals surface area contributed by atoms with Gasteiger partial charge in [0.2, 0.25) is 5.91 Å². The third-order valence-electron chi connectivity index (χ3n) is 4.20. The number of amides is 1. The SMILES string of the molecule is COc1ccc(CNC(=O)C2(C(=O)O)CCCC2)cc1OC. The number of carboxylic acids is 1. The van der Waals surface area contributed by atoms with Crippen LogP contribution in [-0.2, 0) is 16.1 Å². The van der Waals surface area contributed by atoms with Gasteiger partial charge in [0.1, 0.15) is 5.41 Å². The van der Waals surface area contributed by atoms with Crippen LogP contribution in [0.2, 0.25) is 0 Å². The fraction of sp³-hybridized carbons (Fsp3) is 0.500. The van der Waals surface area contributed by atoms with E-state index in [1.54, 1.807) is 19.2 Å². The second-order valence-electron chi connectivity index (χ2n) is 5.47. The first-order valence-corrected chi connectivity index (χ1v) is 7.26. The lowest BCUT2D eigenvalue weighted by Crippen LogP contribution is -2.44. The number of hydrogen-bond acceptors (Lipinski definition) is 4. The minimum atomic E-state index is -1.27. The zero-order valence-electron chi connectivity index (χ0n) is 12.8. The lowest BCUT2D eigenvalue weighted by molar-refractivity contribution is -0.155. The molecule has 6 heteroatoms. The van der Waals surface area contributed by atoms with E-state index in [9.17, 15) is 14.7 Å². The number of rotatable bonds is 6. The highest BCUT2D eigenvalue weighted by molar-refractivity contribution is 6.02. The van der Waals surface area contributed by atoms with Crippen molar-refractivity contribution in [1.82, 2.24) is 5.32 Å². The number of carbonyl (C=O) groups excluding carboxylic acids is 1. The molecule has 1 aromatic rings. The molecule has 1 aromatic carbocycles. The number of nitrogens with one attached hydrogen (secondary N) is 1. The summed E-state index contributed by atoms with van der Waals surface area (Å²) in [5.74, 6) is -0.263. The maximum Gasteiger partial charge on any atom is 0.319 e. The summed E-state index contributed by atoms with van der Waals surface area (Å²) in [5.41, 5.74) is -0.444. The first-order valence-electron chi connectivity index (χ1n) is 7.26. The van der Waals surface area contributed by atoms with Crippen LogP contribution in [0.15, 0.2) is 18.2 Å². The Morgan fingerprint density at radius 2 is 1.82 bits per heavy atom. The molecule has 0 saturated heterocycles. The van der Waals surface area contributed by atoms with Crippen molar-refractivity contribution in [2.24, 2.45) is 5.41 Å². The largest absolute Gasteiger partial charge is 0.493 e. The Kier molecular flexibility index (Phi) is 4.90. The number of carbonyl (C=O) groups is 2. The lowest BCUT2D eigenvalue weighted by Gasteiger charge is -2.22. The average molecular weight is 307 g/mol. The zero-order chi connectivity index (χ0) is 16.2. The van der Waals surface area contributed by atoms with Crippen LogP contribution in [0, 0.1) is 5.41 Å². The quantitative estimate of drug-likeness (QED) is 0.785. The van der Waals surface area contributed by atoms with Crippen molar-refractivity contribution in [1.29, 1.82) is 0 Å². The second kappa shape index (κ2) is 6.68. The average Bonchev–Trinajstić information content (AvgIpc) is 3.03. The standard InChI is InChI=1S/C16H21NO5/c1-21-12-6-5-11(9-13(12)22-2)10-17-14(18)16(15(19)20)7-3-4-8-16/h5-6,9H,3-4,7-8,10H2,1-2H3,(H,17,18)(H,19,20). The molecule has 0 radical (unpaired) electrons. The Morgan fingerprint density at radius 3 is 2.36 bits per heavy atom. The van der Waals surface area contributed by atoms with Gasteiger partial charge in [0.25, 0.3) is 0 Å². The van der Waals surface area contributed by atoms with Crippen LogP contribution in [0.25, 0.3) is 0 Å². The summed E-state index contributed by atoms with van der Waals surface area (Å²) in [6.45, 7) is 0.258. The highest BCUT2D eigenvalue weighted by Crippen LogP contribution is 2.38. The maximum absolute atomic E-state index is 12.3. The van der Waals surface area contributed by atoms with Crippen molar-refractivity contribution < 1.29 is 24.2 Å². The fourth-order valence-corrected chi connectivity index (χ4v) is 2.86. The number of hydrogen-bond donors (Lipinski definition) is 2. The summed E-state index contributed by atoms with van der Waals surface area (Å²) in [6, 6.07) is 5.33. The van der Waals surface area contributed by atoms with Gasteiger partial charge in [0.05, 0.1) is 14.2 Å². The minimum absolute atomic E-state index is 0.258. The molecule has 1 saturated carbocycles. The Bertz CT molecular complexity index is 564. The molecule has 0 unspecified atom stereocenters. The van der Waals surface area contributed by atoms with E-state index < -0.39 is 17.3 Å². The molecule has 0 aromatic heterocycles. The van der Waals surface area contributed by atoms with Gasteiger partial charge >= 0.3 is 5.97 Å². The molecule has 1 fully saturated rings. The lowest BCUT2D eigenvalue weighted by atomic mass is 9.85. The van der Waals surface area contributed by atoms with E-state index in [2.05, 4.69) is 5.32 Å². The van der Waals surface area contributed by atoms with E-state index in [4.69, 9.17) is 9.47 Å². The van der Waals surface area contributed by atoms with E-state index in [-0.39, 0.29) is 6.54 Å².